The van der Waals surface area contributed by atoms with Gasteiger partial charge in [-0.15, -0.1) is 0 Å². The maximum Gasteiger partial charge on any atom is 0.534 e. The van der Waals surface area contributed by atoms with Crippen molar-refractivity contribution in [2.75, 3.05) is 14.2 Å². The highest BCUT2D eigenvalue weighted by atomic mass is 79.9. The average Bonchev–Trinajstić information content (AvgIpc) is 3.91. The van der Waals surface area contributed by atoms with E-state index in [9.17, 15) is 41.2 Å². The molecule has 0 aliphatic rings. The third-order valence-electron chi connectivity index (χ3n) is 10.6. The summed E-state index contributed by atoms with van der Waals surface area (Å²) in [6.07, 6.45) is 0. The number of halogens is 5. The zero-order chi connectivity index (χ0) is 47.8. The van der Waals surface area contributed by atoms with Crippen LogP contribution in [0.3, 0.4) is 0 Å². The Bertz CT molecular complexity index is 3670. The molecule has 68 heavy (non-hydrogen) atoms. The SMILES string of the molecule is C.COC(=O)c1cc(Br)c2ccccc2c1-c1cccc2c1oc1ccccc12.COC(=O)c1cc(Br)c2ccccc2c1OS(=O)(=O)C(F)(F)F.OB(O)c1cccc2c1oc1ccccc12. The molecular formula is C50H36BBr2F3O11S. The zero-order valence-electron chi connectivity index (χ0n) is 34.8. The van der Waals surface area contributed by atoms with Crippen LogP contribution in [0.1, 0.15) is 28.1 Å². The smallest absolute Gasteiger partial charge is 0.465 e. The maximum atomic E-state index is 12.6. The van der Waals surface area contributed by atoms with Crippen LogP contribution in [0.15, 0.2) is 163 Å². The van der Waals surface area contributed by atoms with E-state index in [1.807, 2.05) is 103 Å². The van der Waals surface area contributed by atoms with Crippen molar-refractivity contribution in [2.45, 2.75) is 12.9 Å². The summed E-state index contributed by atoms with van der Waals surface area (Å²) >= 11 is 6.76. The highest BCUT2D eigenvalue weighted by molar-refractivity contribution is 9.11. The van der Waals surface area contributed by atoms with Crippen LogP contribution in [-0.4, -0.2) is 57.3 Å². The summed E-state index contributed by atoms with van der Waals surface area (Å²) in [5.41, 5.74) is -0.612. The Kier molecular flexibility index (Phi) is 14.4. The number of carbonyl (C=O) groups excluding carboxylic acids is 2. The van der Waals surface area contributed by atoms with E-state index < -0.39 is 40.0 Å². The third-order valence-corrected chi connectivity index (χ3v) is 12.9. The van der Waals surface area contributed by atoms with Crippen LogP contribution in [0, 0.1) is 0 Å². The first kappa shape index (κ1) is 49.2. The van der Waals surface area contributed by atoms with Gasteiger partial charge < -0.3 is 32.5 Å². The second-order valence-electron chi connectivity index (χ2n) is 14.5. The zero-order valence-corrected chi connectivity index (χ0v) is 38.8. The Balaban J connectivity index is 0.000000155. The topological polar surface area (TPSA) is 163 Å². The molecule has 0 aliphatic heterocycles. The monoisotopic (exact) mass is 1070 g/mol. The lowest BCUT2D eigenvalue weighted by Crippen LogP contribution is -2.29. The Morgan fingerprint density at radius 2 is 1.00 bits per heavy atom. The molecule has 0 saturated carbocycles. The van der Waals surface area contributed by atoms with Crippen molar-refractivity contribution < 1.29 is 63.7 Å². The molecule has 0 fully saturated rings. The summed E-state index contributed by atoms with van der Waals surface area (Å²) < 4.78 is 87.2. The minimum absolute atomic E-state index is 0. The molecule has 346 valence electrons. The van der Waals surface area contributed by atoms with Gasteiger partial charge in [-0.1, -0.05) is 161 Å². The van der Waals surface area contributed by atoms with E-state index in [0.29, 0.717) is 26.5 Å². The lowest BCUT2D eigenvalue weighted by atomic mass is 9.79. The molecule has 0 radical (unpaired) electrons. The van der Waals surface area contributed by atoms with Crippen LogP contribution in [0.2, 0.25) is 0 Å². The molecule has 0 saturated heterocycles. The lowest BCUT2D eigenvalue weighted by Gasteiger charge is -2.15. The summed E-state index contributed by atoms with van der Waals surface area (Å²) in [6.45, 7) is 0. The number of hydrogen-bond acceptors (Lipinski definition) is 11. The fraction of sp³-hybridized carbons (Fsp3) is 0.0800. The van der Waals surface area contributed by atoms with E-state index in [4.69, 9.17) is 13.6 Å². The number of esters is 2. The molecule has 2 heterocycles. The van der Waals surface area contributed by atoms with Crippen molar-refractivity contribution in [2.24, 2.45) is 0 Å². The maximum absolute atomic E-state index is 12.6. The van der Waals surface area contributed by atoms with E-state index in [-0.39, 0.29) is 18.8 Å². The quantitative estimate of drug-likeness (QED) is 0.0705. The van der Waals surface area contributed by atoms with E-state index in [1.54, 1.807) is 18.2 Å². The van der Waals surface area contributed by atoms with Gasteiger partial charge in [0.2, 0.25) is 0 Å². The molecule has 0 spiro atoms. The molecule has 0 amide bonds. The van der Waals surface area contributed by atoms with Crippen LogP contribution in [0.5, 0.6) is 5.75 Å². The van der Waals surface area contributed by atoms with Gasteiger partial charge in [-0.25, -0.2) is 9.59 Å². The predicted octanol–water partition coefficient (Wildman–Crippen LogP) is 12.5. The molecule has 0 bridgehead atoms. The number of ether oxygens (including phenoxy) is 2. The van der Waals surface area contributed by atoms with Crippen LogP contribution in [0.4, 0.5) is 13.2 Å². The minimum atomic E-state index is -5.94. The molecule has 10 rings (SSSR count). The van der Waals surface area contributed by atoms with Gasteiger partial charge in [0.05, 0.1) is 19.8 Å². The molecular weight excluding hydrogens is 1040 g/mol. The highest BCUT2D eigenvalue weighted by Gasteiger charge is 2.49. The lowest BCUT2D eigenvalue weighted by molar-refractivity contribution is -0.0500. The summed E-state index contributed by atoms with van der Waals surface area (Å²) in [4.78, 5) is 24.4. The van der Waals surface area contributed by atoms with Gasteiger partial charge in [0, 0.05) is 52.5 Å². The fourth-order valence-corrected chi connectivity index (χ4v) is 9.26. The average molecular weight is 1070 g/mol. The molecule has 18 heteroatoms. The first-order valence-electron chi connectivity index (χ1n) is 19.8. The van der Waals surface area contributed by atoms with Crippen molar-refractivity contribution in [1.82, 2.24) is 0 Å². The predicted molar refractivity (Wildman–Crippen MR) is 265 cm³/mol. The van der Waals surface area contributed by atoms with Crippen LogP contribution < -0.4 is 9.65 Å². The van der Waals surface area contributed by atoms with Crippen molar-refractivity contribution in [3.8, 4) is 16.9 Å². The normalized spacial score (nSPS) is 11.4. The number of rotatable bonds is 6. The van der Waals surface area contributed by atoms with Crippen molar-refractivity contribution in [1.29, 1.82) is 0 Å². The Hall–Kier alpha value is -6.70. The number of para-hydroxylation sites is 4. The standard InChI is InChI=1S/C24H15BrO3.C13H8BrF3O5S.C12H9BO3.CH4/c1-27-24(26)19-13-20(25)14-7-2-3-9-16(14)22(19)18-11-6-10-17-15-8-4-5-12-21(15)28-23(17)18;1-21-12(18)9-6-10(14)7-4-2-3-5-8(7)11(9)22-23(19,20)13(15,16)17;14-13(15)10-6-3-5-9-8-4-1-2-7-11(8)16-12(9)10;/h2-13H,1H3;2-6H,1H3;1-7,14-15H;1H4. The number of hydrogen-bond donors (Lipinski definition) is 2. The van der Waals surface area contributed by atoms with E-state index in [0.717, 1.165) is 77.8 Å². The van der Waals surface area contributed by atoms with E-state index in [2.05, 4.69) is 40.8 Å². The van der Waals surface area contributed by atoms with Gasteiger partial charge in [0.1, 0.15) is 27.9 Å². The van der Waals surface area contributed by atoms with Crippen molar-refractivity contribution in [3.63, 3.8) is 0 Å². The molecule has 0 unspecified atom stereocenters. The minimum Gasteiger partial charge on any atom is -0.465 e. The third kappa shape index (κ3) is 9.29. The summed E-state index contributed by atoms with van der Waals surface area (Å²) in [5.74, 6) is -2.16. The second kappa shape index (κ2) is 19.9. The van der Waals surface area contributed by atoms with Crippen molar-refractivity contribution in [3.05, 3.63) is 166 Å². The first-order chi connectivity index (χ1) is 32.0. The van der Waals surface area contributed by atoms with Crippen LogP contribution in [0.25, 0.3) is 76.5 Å². The van der Waals surface area contributed by atoms with E-state index >= 15 is 0 Å². The second-order valence-corrected chi connectivity index (χ2v) is 17.8. The van der Waals surface area contributed by atoms with Crippen LogP contribution >= 0.6 is 31.9 Å². The van der Waals surface area contributed by atoms with Gasteiger partial charge >= 0.3 is 34.7 Å². The molecule has 11 nitrogen and oxygen atoms in total. The molecule has 2 aromatic heterocycles. The Morgan fingerprint density at radius 3 is 1.54 bits per heavy atom. The van der Waals surface area contributed by atoms with Gasteiger partial charge in [-0.3, -0.25) is 0 Å². The number of methoxy groups -OCH3 is 2. The number of benzene rings is 8. The Labute approximate surface area is 403 Å². The largest absolute Gasteiger partial charge is 0.534 e. The molecule has 0 aliphatic carbocycles. The molecule has 10 aromatic rings. The van der Waals surface area contributed by atoms with Gasteiger partial charge in [-0.2, -0.15) is 21.6 Å². The summed E-state index contributed by atoms with van der Waals surface area (Å²) in [6, 6.07) is 43.8. The molecule has 0 atom stereocenters. The highest BCUT2D eigenvalue weighted by Crippen LogP contribution is 2.43. The van der Waals surface area contributed by atoms with Crippen LogP contribution in [-0.2, 0) is 19.6 Å². The Morgan fingerprint density at radius 1 is 0.574 bits per heavy atom. The summed E-state index contributed by atoms with van der Waals surface area (Å²) in [7, 11) is -5.05. The van der Waals surface area contributed by atoms with E-state index in [1.165, 1.54) is 25.3 Å². The molecule has 2 N–H and O–H groups in total. The fourth-order valence-electron chi connectivity index (χ4n) is 7.62. The summed E-state index contributed by atoms with van der Waals surface area (Å²) in [5, 5.41) is 24.8. The van der Waals surface area contributed by atoms with Gasteiger partial charge in [-0.05, 0) is 40.4 Å². The number of fused-ring (bicyclic) bond motifs is 8. The number of furan rings is 2. The van der Waals surface area contributed by atoms with Gasteiger partial charge in [0.25, 0.3) is 0 Å². The number of alkyl halides is 3. The first-order valence-corrected chi connectivity index (χ1v) is 22.8. The molecule has 8 aromatic carbocycles. The van der Waals surface area contributed by atoms with Gasteiger partial charge in [0.15, 0.2) is 5.75 Å². The number of carbonyl (C=O) groups is 2. The van der Waals surface area contributed by atoms with Crippen molar-refractivity contribution >= 4 is 132 Å².